The van der Waals surface area contributed by atoms with Gasteiger partial charge in [-0.05, 0) is 36.6 Å². The van der Waals surface area contributed by atoms with Crippen LogP contribution in [0.25, 0.3) is 0 Å². The van der Waals surface area contributed by atoms with E-state index >= 15 is 0 Å². The number of aliphatic hydroxyl groups excluding tert-OH is 1. The van der Waals surface area contributed by atoms with Crippen LogP contribution < -0.4 is 10.5 Å². The topological polar surface area (TPSA) is 117 Å². The van der Waals surface area contributed by atoms with Crippen LogP contribution in [0, 0.1) is 5.41 Å². The minimum absolute atomic E-state index is 0.0135. The van der Waals surface area contributed by atoms with Gasteiger partial charge in [-0.15, -0.1) is 0 Å². The number of nitrogens with one attached hydrogen (secondary N) is 1. The number of benzene rings is 2. The lowest BCUT2D eigenvalue weighted by atomic mass is 10.00. The van der Waals surface area contributed by atoms with E-state index in [1.807, 2.05) is 0 Å². The molecule has 2 atom stereocenters. The maximum Gasteiger partial charge on any atom is 0.387 e. The second-order valence-electron chi connectivity index (χ2n) is 7.05. The van der Waals surface area contributed by atoms with Gasteiger partial charge in [0.15, 0.2) is 11.9 Å². The summed E-state index contributed by atoms with van der Waals surface area (Å²) in [5.74, 6) is -1.46. The van der Waals surface area contributed by atoms with Crippen LogP contribution in [0.4, 0.5) is 8.78 Å². The molecule has 1 saturated heterocycles. The first-order valence-electron chi connectivity index (χ1n) is 9.40. The number of halogens is 3. The van der Waals surface area contributed by atoms with Crippen molar-refractivity contribution >= 4 is 29.1 Å². The van der Waals surface area contributed by atoms with E-state index in [0.717, 1.165) is 12.1 Å². The summed E-state index contributed by atoms with van der Waals surface area (Å²) in [6.45, 7) is -2.83. The highest BCUT2D eigenvalue weighted by Crippen LogP contribution is 2.30. The van der Waals surface area contributed by atoms with Crippen molar-refractivity contribution in [3.63, 3.8) is 0 Å². The van der Waals surface area contributed by atoms with E-state index in [-0.39, 0.29) is 34.5 Å². The molecular weight excluding hydrogens is 432 g/mol. The van der Waals surface area contributed by atoms with Crippen molar-refractivity contribution < 1.29 is 28.2 Å². The number of carbonyl (C=O) groups is 2. The first-order chi connectivity index (χ1) is 14.7. The molecule has 0 saturated carbocycles. The lowest BCUT2D eigenvalue weighted by Crippen LogP contribution is -2.43. The lowest BCUT2D eigenvalue weighted by molar-refractivity contribution is -0.140. The quantitative estimate of drug-likeness (QED) is 0.339. The molecule has 1 fully saturated rings. The highest BCUT2D eigenvalue weighted by atomic mass is 35.5. The minimum atomic E-state index is -3.09. The molecule has 2 aromatic rings. The number of Topliss-reactive ketones (excluding diaryl/α,β-unsaturated/α-hetero) is 1. The molecule has 0 spiro atoms. The first kappa shape index (κ1) is 22.6. The molecular formula is C21H20ClF2N3O4. The lowest BCUT2D eigenvalue weighted by Gasteiger charge is -2.26. The number of likely N-dealkylation sites (tertiary alicyclic amines) is 1. The molecule has 10 heteroatoms. The Labute approximate surface area is 181 Å². The monoisotopic (exact) mass is 451 g/mol. The van der Waals surface area contributed by atoms with Crippen LogP contribution in [-0.4, -0.2) is 46.7 Å². The van der Waals surface area contributed by atoms with Crippen LogP contribution in [-0.2, 0) is 4.79 Å². The zero-order valence-electron chi connectivity index (χ0n) is 16.2. The third kappa shape index (κ3) is 5.18. The number of amides is 1. The van der Waals surface area contributed by atoms with Gasteiger partial charge < -0.3 is 20.5 Å². The van der Waals surface area contributed by atoms with Crippen molar-refractivity contribution in [3.8, 4) is 5.75 Å². The van der Waals surface area contributed by atoms with Crippen LogP contribution in [0.5, 0.6) is 5.75 Å². The van der Waals surface area contributed by atoms with Gasteiger partial charge in [-0.1, -0.05) is 35.9 Å². The summed E-state index contributed by atoms with van der Waals surface area (Å²) in [4.78, 5) is 27.2. The van der Waals surface area contributed by atoms with Crippen LogP contribution in [0.15, 0.2) is 42.5 Å². The predicted octanol–water partition coefficient (Wildman–Crippen LogP) is 3.13. The highest BCUT2D eigenvalue weighted by Gasteiger charge is 2.37. The second-order valence-corrected chi connectivity index (χ2v) is 7.48. The van der Waals surface area contributed by atoms with Crippen molar-refractivity contribution in [2.75, 3.05) is 6.54 Å². The zero-order chi connectivity index (χ0) is 22.7. The number of aliphatic hydroxyl groups is 1. The molecule has 1 amide bonds. The van der Waals surface area contributed by atoms with E-state index in [0.29, 0.717) is 24.0 Å². The Morgan fingerprint density at radius 3 is 2.45 bits per heavy atom. The number of hydrogen-bond donors (Lipinski definition) is 3. The molecule has 2 aromatic carbocycles. The van der Waals surface area contributed by atoms with E-state index in [2.05, 4.69) is 4.74 Å². The molecule has 3 rings (SSSR count). The van der Waals surface area contributed by atoms with Gasteiger partial charge in [-0.2, -0.15) is 8.78 Å². The smallest absolute Gasteiger partial charge is 0.387 e. The van der Waals surface area contributed by atoms with Crippen LogP contribution in [0.2, 0.25) is 5.02 Å². The Balaban J connectivity index is 1.79. The molecule has 164 valence electrons. The first-order valence-corrected chi connectivity index (χ1v) is 9.77. The fraction of sp³-hybridized carbons (Fsp3) is 0.286. The van der Waals surface area contributed by atoms with Crippen LogP contribution in [0.1, 0.15) is 40.4 Å². The van der Waals surface area contributed by atoms with Gasteiger partial charge in [-0.3, -0.25) is 15.0 Å². The van der Waals surface area contributed by atoms with Crippen molar-refractivity contribution in [3.05, 3.63) is 64.2 Å². The highest BCUT2D eigenvalue weighted by molar-refractivity contribution is 6.30. The van der Waals surface area contributed by atoms with Gasteiger partial charge in [0.05, 0.1) is 6.04 Å². The molecule has 7 nitrogen and oxygen atoms in total. The van der Waals surface area contributed by atoms with Gasteiger partial charge in [0.1, 0.15) is 11.6 Å². The Bertz CT molecular complexity index is 1000. The molecule has 2 unspecified atom stereocenters. The number of hydrogen-bond acceptors (Lipinski definition) is 5. The van der Waals surface area contributed by atoms with Gasteiger partial charge in [0, 0.05) is 22.7 Å². The minimum Gasteiger partial charge on any atom is -0.435 e. The number of ether oxygens (including phenoxy) is 1. The zero-order valence-corrected chi connectivity index (χ0v) is 17.0. The number of alkyl halides is 2. The molecule has 0 radical (unpaired) electrons. The fourth-order valence-corrected chi connectivity index (χ4v) is 3.76. The van der Waals surface area contributed by atoms with Crippen molar-refractivity contribution in [1.29, 1.82) is 5.41 Å². The molecule has 4 N–H and O–H groups in total. The van der Waals surface area contributed by atoms with E-state index < -0.39 is 24.7 Å². The third-order valence-electron chi connectivity index (χ3n) is 4.99. The summed E-state index contributed by atoms with van der Waals surface area (Å²) in [6, 6.07) is 8.89. The Morgan fingerprint density at radius 1 is 1.19 bits per heavy atom. The second kappa shape index (κ2) is 9.40. The van der Waals surface area contributed by atoms with Gasteiger partial charge in [0.25, 0.3) is 5.91 Å². The summed E-state index contributed by atoms with van der Waals surface area (Å²) in [6.07, 6.45) is -0.719. The van der Waals surface area contributed by atoms with Crippen molar-refractivity contribution in [1.82, 2.24) is 4.90 Å². The van der Waals surface area contributed by atoms with Crippen LogP contribution in [0.3, 0.4) is 0 Å². The Morgan fingerprint density at radius 2 is 1.84 bits per heavy atom. The maximum absolute atomic E-state index is 12.9. The average molecular weight is 452 g/mol. The molecule has 0 aliphatic carbocycles. The number of nitrogens with two attached hydrogens (primary N) is 1. The number of rotatable bonds is 7. The number of amidine groups is 1. The molecule has 0 bridgehead atoms. The molecule has 1 heterocycles. The largest absolute Gasteiger partial charge is 0.435 e. The SMILES string of the molecule is N=C(N)c1ccc(C(=O)C2CCCN2C(=O)C(O)c2cc(Cl)cc(OC(F)F)c2)cc1. The Hall–Kier alpha value is -3.04. The molecule has 31 heavy (non-hydrogen) atoms. The van der Waals surface area contributed by atoms with Crippen molar-refractivity contribution in [2.24, 2.45) is 5.73 Å². The number of carbonyl (C=O) groups excluding carboxylic acids is 2. The average Bonchev–Trinajstić information content (AvgIpc) is 3.21. The predicted molar refractivity (Wildman–Crippen MR) is 110 cm³/mol. The van der Waals surface area contributed by atoms with E-state index in [1.54, 1.807) is 12.1 Å². The van der Waals surface area contributed by atoms with E-state index in [9.17, 15) is 23.5 Å². The normalized spacial score (nSPS) is 16.9. The van der Waals surface area contributed by atoms with Gasteiger partial charge >= 0.3 is 6.61 Å². The maximum atomic E-state index is 12.9. The van der Waals surface area contributed by atoms with E-state index in [4.69, 9.17) is 22.7 Å². The number of nitrogen functional groups attached to an aromatic ring is 1. The third-order valence-corrected chi connectivity index (χ3v) is 5.21. The van der Waals surface area contributed by atoms with Crippen LogP contribution >= 0.6 is 11.6 Å². The van der Waals surface area contributed by atoms with Gasteiger partial charge in [0.2, 0.25) is 0 Å². The summed E-state index contributed by atoms with van der Waals surface area (Å²) in [5.41, 5.74) is 6.21. The van der Waals surface area contributed by atoms with Gasteiger partial charge in [-0.25, -0.2) is 0 Å². The molecule has 0 aromatic heterocycles. The summed E-state index contributed by atoms with van der Waals surface area (Å²) in [5, 5.41) is 18.0. The number of nitrogens with zero attached hydrogens (tertiary/aromatic N) is 1. The van der Waals surface area contributed by atoms with Crippen molar-refractivity contribution in [2.45, 2.75) is 31.6 Å². The summed E-state index contributed by atoms with van der Waals surface area (Å²) < 4.78 is 29.3. The standard InChI is InChI=1S/C21H20ClF2N3O4/c22-14-8-13(9-15(10-14)31-21(23)24)18(29)20(30)27-7-1-2-16(27)17(28)11-3-5-12(6-4-11)19(25)26/h3-6,8-10,16,18,21,29H,1-2,7H2,(H3,25,26). The fourth-order valence-electron chi connectivity index (χ4n) is 3.52. The summed E-state index contributed by atoms with van der Waals surface area (Å²) in [7, 11) is 0. The molecule has 1 aliphatic heterocycles. The number of ketones is 1. The molecule has 1 aliphatic rings. The van der Waals surface area contributed by atoms with E-state index in [1.165, 1.54) is 23.1 Å². The summed E-state index contributed by atoms with van der Waals surface area (Å²) >= 11 is 5.90. The Kier molecular flexibility index (Phi) is 6.87.